The first-order valence-corrected chi connectivity index (χ1v) is 9.80. The third-order valence-corrected chi connectivity index (χ3v) is 5.23. The predicted molar refractivity (Wildman–Crippen MR) is 109 cm³/mol. The Morgan fingerprint density at radius 3 is 2.56 bits per heavy atom. The minimum atomic E-state index is -0.114. The number of nitrogens with one attached hydrogen (secondary N) is 1. The van der Waals surface area contributed by atoms with E-state index in [4.69, 9.17) is 11.6 Å². The molecule has 3 aromatic rings. The molecule has 140 valence electrons. The lowest BCUT2D eigenvalue weighted by Gasteiger charge is -2.11. The topological polar surface area (TPSA) is 67.2 Å². The summed E-state index contributed by atoms with van der Waals surface area (Å²) in [6.07, 6.45) is 1.64. The summed E-state index contributed by atoms with van der Waals surface area (Å²) in [7, 11) is 0. The normalized spacial score (nSPS) is 10.8. The van der Waals surface area contributed by atoms with Gasteiger partial charge in [0.05, 0.1) is 24.3 Å². The Morgan fingerprint density at radius 1 is 1.19 bits per heavy atom. The van der Waals surface area contributed by atoms with E-state index in [0.717, 1.165) is 16.8 Å². The molecular formula is C20H20ClN3O2S. The van der Waals surface area contributed by atoms with E-state index in [1.54, 1.807) is 6.20 Å². The van der Waals surface area contributed by atoms with Crippen LogP contribution in [0.5, 0.6) is 0 Å². The number of aliphatic hydroxyl groups excluding tert-OH is 1. The van der Waals surface area contributed by atoms with E-state index in [1.807, 2.05) is 60.0 Å². The predicted octanol–water partition coefficient (Wildman–Crippen LogP) is 4.12. The van der Waals surface area contributed by atoms with E-state index in [1.165, 1.54) is 11.8 Å². The zero-order valence-electron chi connectivity index (χ0n) is 14.9. The maximum absolute atomic E-state index is 12.2. The van der Waals surface area contributed by atoms with Crippen molar-refractivity contribution in [3.63, 3.8) is 0 Å². The number of hydrogen-bond donors (Lipinski definition) is 2. The average Bonchev–Trinajstić information content (AvgIpc) is 3.05. The van der Waals surface area contributed by atoms with Crippen molar-refractivity contribution < 1.29 is 9.90 Å². The zero-order chi connectivity index (χ0) is 19.2. The molecule has 0 bridgehead atoms. The van der Waals surface area contributed by atoms with Gasteiger partial charge in [0, 0.05) is 17.3 Å². The number of imidazole rings is 1. The minimum Gasteiger partial charge on any atom is -0.390 e. The third kappa shape index (κ3) is 5.35. The lowest BCUT2D eigenvalue weighted by molar-refractivity contribution is -0.113. The highest BCUT2D eigenvalue weighted by atomic mass is 35.5. The van der Waals surface area contributed by atoms with Crippen molar-refractivity contribution in [3.05, 3.63) is 76.6 Å². The Bertz CT molecular complexity index is 908. The van der Waals surface area contributed by atoms with Crippen LogP contribution in [0.4, 0.5) is 5.69 Å². The van der Waals surface area contributed by atoms with E-state index in [-0.39, 0.29) is 18.3 Å². The quantitative estimate of drug-likeness (QED) is 0.584. The lowest BCUT2D eigenvalue weighted by Crippen LogP contribution is -2.15. The molecule has 0 fully saturated rings. The van der Waals surface area contributed by atoms with E-state index < -0.39 is 0 Å². The van der Waals surface area contributed by atoms with Crippen molar-refractivity contribution in [2.45, 2.75) is 25.2 Å². The Balaban J connectivity index is 1.65. The summed E-state index contributed by atoms with van der Waals surface area (Å²) in [5.74, 6) is 0.131. The van der Waals surface area contributed by atoms with E-state index in [9.17, 15) is 9.90 Å². The Hall–Kier alpha value is -2.28. The summed E-state index contributed by atoms with van der Waals surface area (Å²) in [6, 6.07) is 15.2. The highest BCUT2D eigenvalue weighted by molar-refractivity contribution is 7.99. The largest absolute Gasteiger partial charge is 0.390 e. The van der Waals surface area contributed by atoms with Gasteiger partial charge >= 0.3 is 0 Å². The van der Waals surface area contributed by atoms with Crippen LogP contribution in [-0.4, -0.2) is 26.3 Å². The number of anilines is 1. The number of amides is 1. The van der Waals surface area contributed by atoms with Gasteiger partial charge in [0.15, 0.2) is 5.16 Å². The number of carbonyl (C=O) groups excluding carboxylic acids is 1. The third-order valence-electron chi connectivity index (χ3n) is 3.99. The summed E-state index contributed by atoms with van der Waals surface area (Å²) >= 11 is 7.27. The second-order valence-corrected chi connectivity index (χ2v) is 7.48. The molecule has 0 atom stereocenters. The number of aryl methyl sites for hydroxylation is 1. The molecule has 0 saturated carbocycles. The standard InChI is InChI=1S/C20H20ClN3O2S/c1-14-2-8-17(9-3-14)23-19(26)13-27-20-22-10-18(12-25)24(20)11-15-4-6-16(21)7-5-15/h2-10,25H,11-13H2,1H3,(H,23,26). The maximum Gasteiger partial charge on any atom is 0.234 e. The number of thioether (sulfide) groups is 1. The van der Waals surface area contributed by atoms with Crippen LogP contribution in [0.2, 0.25) is 5.02 Å². The summed E-state index contributed by atoms with van der Waals surface area (Å²) in [6.45, 7) is 2.44. The molecule has 0 saturated heterocycles. The first kappa shape index (κ1) is 19.5. The lowest BCUT2D eigenvalue weighted by atomic mass is 10.2. The number of hydrogen-bond acceptors (Lipinski definition) is 4. The van der Waals surface area contributed by atoms with Gasteiger partial charge in [-0.1, -0.05) is 53.2 Å². The zero-order valence-corrected chi connectivity index (χ0v) is 16.4. The van der Waals surface area contributed by atoms with Gasteiger partial charge in [-0.05, 0) is 36.8 Å². The van der Waals surface area contributed by atoms with Gasteiger partial charge in [-0.15, -0.1) is 0 Å². The van der Waals surface area contributed by atoms with Crippen LogP contribution in [0, 0.1) is 6.92 Å². The van der Waals surface area contributed by atoms with Crippen LogP contribution in [0.1, 0.15) is 16.8 Å². The molecule has 1 amide bonds. The van der Waals surface area contributed by atoms with Crippen LogP contribution < -0.4 is 5.32 Å². The second kappa shape index (κ2) is 9.08. The first-order valence-electron chi connectivity index (χ1n) is 8.44. The van der Waals surface area contributed by atoms with Gasteiger partial charge in [-0.2, -0.15) is 0 Å². The molecule has 0 aliphatic heterocycles. The van der Waals surface area contributed by atoms with Crippen molar-refractivity contribution >= 4 is 35.0 Å². The molecule has 2 aromatic carbocycles. The summed E-state index contributed by atoms with van der Waals surface area (Å²) in [5, 5.41) is 13.8. The van der Waals surface area contributed by atoms with Crippen molar-refractivity contribution in [1.82, 2.24) is 9.55 Å². The first-order chi connectivity index (χ1) is 13.0. The maximum atomic E-state index is 12.2. The molecule has 0 aliphatic carbocycles. The molecule has 5 nitrogen and oxygen atoms in total. The molecule has 3 rings (SSSR count). The SMILES string of the molecule is Cc1ccc(NC(=O)CSc2ncc(CO)n2Cc2ccc(Cl)cc2)cc1. The molecule has 0 spiro atoms. The fourth-order valence-electron chi connectivity index (χ4n) is 2.54. The molecular weight excluding hydrogens is 382 g/mol. The molecule has 0 aliphatic rings. The summed E-state index contributed by atoms with van der Waals surface area (Å²) < 4.78 is 1.91. The molecule has 2 N–H and O–H groups in total. The number of aromatic nitrogens is 2. The molecule has 1 aromatic heterocycles. The molecule has 0 radical (unpaired) electrons. The second-order valence-electron chi connectivity index (χ2n) is 6.11. The van der Waals surface area contributed by atoms with Crippen LogP contribution in [0.15, 0.2) is 59.9 Å². The van der Waals surface area contributed by atoms with E-state index >= 15 is 0 Å². The van der Waals surface area contributed by atoms with Crippen LogP contribution >= 0.6 is 23.4 Å². The van der Waals surface area contributed by atoms with Gasteiger partial charge < -0.3 is 15.0 Å². The van der Waals surface area contributed by atoms with Gasteiger partial charge in [-0.25, -0.2) is 4.98 Å². The number of benzene rings is 2. The highest BCUT2D eigenvalue weighted by Gasteiger charge is 2.13. The monoisotopic (exact) mass is 401 g/mol. The number of rotatable bonds is 7. The van der Waals surface area contributed by atoms with Crippen LogP contribution in [-0.2, 0) is 17.9 Å². The summed E-state index contributed by atoms with van der Waals surface area (Å²) in [5.41, 5.74) is 3.65. The van der Waals surface area contributed by atoms with E-state index in [2.05, 4.69) is 10.3 Å². The van der Waals surface area contributed by atoms with E-state index in [0.29, 0.717) is 22.4 Å². The van der Waals surface area contributed by atoms with Gasteiger partial charge in [0.1, 0.15) is 0 Å². The van der Waals surface area contributed by atoms with Crippen molar-refractivity contribution in [2.24, 2.45) is 0 Å². The highest BCUT2D eigenvalue weighted by Crippen LogP contribution is 2.21. The smallest absolute Gasteiger partial charge is 0.234 e. The number of carbonyl (C=O) groups is 1. The number of aliphatic hydroxyl groups is 1. The fourth-order valence-corrected chi connectivity index (χ4v) is 3.46. The Kier molecular flexibility index (Phi) is 6.55. The molecule has 27 heavy (non-hydrogen) atoms. The minimum absolute atomic E-state index is 0.101. The van der Waals surface area contributed by atoms with Crippen LogP contribution in [0.3, 0.4) is 0 Å². The molecule has 1 heterocycles. The average molecular weight is 402 g/mol. The van der Waals surface area contributed by atoms with Gasteiger partial charge in [0.2, 0.25) is 5.91 Å². The van der Waals surface area contributed by atoms with Crippen molar-refractivity contribution in [2.75, 3.05) is 11.1 Å². The van der Waals surface area contributed by atoms with Crippen molar-refractivity contribution in [3.8, 4) is 0 Å². The van der Waals surface area contributed by atoms with Gasteiger partial charge in [0.25, 0.3) is 0 Å². The van der Waals surface area contributed by atoms with Crippen LogP contribution in [0.25, 0.3) is 0 Å². The Labute approximate surface area is 167 Å². The van der Waals surface area contributed by atoms with Gasteiger partial charge in [-0.3, -0.25) is 4.79 Å². The number of halogens is 1. The number of nitrogens with zero attached hydrogens (tertiary/aromatic N) is 2. The fraction of sp³-hybridized carbons (Fsp3) is 0.200. The summed E-state index contributed by atoms with van der Waals surface area (Å²) in [4.78, 5) is 16.6. The Morgan fingerprint density at radius 2 is 1.89 bits per heavy atom. The van der Waals surface area contributed by atoms with Crippen molar-refractivity contribution in [1.29, 1.82) is 0 Å². The molecule has 7 heteroatoms. The molecule has 0 unspecified atom stereocenters.